The van der Waals surface area contributed by atoms with E-state index in [2.05, 4.69) is 0 Å². The van der Waals surface area contributed by atoms with E-state index in [-0.39, 0.29) is 12.0 Å². The second-order valence-corrected chi connectivity index (χ2v) is 7.35. The molecule has 1 saturated heterocycles. The van der Waals surface area contributed by atoms with Gasteiger partial charge in [0.2, 0.25) is 0 Å². The Morgan fingerprint density at radius 1 is 1.15 bits per heavy atom. The van der Waals surface area contributed by atoms with Crippen molar-refractivity contribution in [1.82, 2.24) is 0 Å². The predicted octanol–water partition coefficient (Wildman–Crippen LogP) is 3.92. The fraction of sp³-hybridized carbons (Fsp3) is 0.409. The highest BCUT2D eigenvalue weighted by atomic mass is 16.7. The number of carbonyl (C=O) groups is 1. The van der Waals surface area contributed by atoms with Crippen LogP contribution in [0.15, 0.2) is 42.5 Å². The van der Waals surface area contributed by atoms with Gasteiger partial charge in [-0.05, 0) is 45.4 Å². The van der Waals surface area contributed by atoms with Crippen LogP contribution in [0.4, 0.5) is 5.69 Å². The fourth-order valence-electron chi connectivity index (χ4n) is 3.69. The van der Waals surface area contributed by atoms with Gasteiger partial charge in [0, 0.05) is 11.1 Å². The lowest BCUT2D eigenvalue weighted by Gasteiger charge is -2.32. The number of aryl methyl sites for hydroxylation is 1. The van der Waals surface area contributed by atoms with Crippen molar-refractivity contribution >= 4 is 11.6 Å². The third-order valence-corrected chi connectivity index (χ3v) is 4.89. The summed E-state index contributed by atoms with van der Waals surface area (Å²) in [4.78, 5) is 15.2. The lowest BCUT2D eigenvalue weighted by Crippen LogP contribution is -2.47. The molecule has 0 aromatic heterocycles. The number of hydrogen-bond donors (Lipinski definition) is 0. The first-order valence-electron chi connectivity index (χ1n) is 9.47. The van der Waals surface area contributed by atoms with E-state index in [4.69, 9.17) is 14.2 Å². The number of amides is 1. The molecule has 2 aromatic rings. The summed E-state index contributed by atoms with van der Waals surface area (Å²) in [5.74, 6) is -0.685. The third kappa shape index (κ3) is 3.11. The van der Waals surface area contributed by atoms with E-state index in [9.17, 15) is 4.79 Å². The lowest BCUT2D eigenvalue weighted by atomic mass is 10.0. The van der Waals surface area contributed by atoms with Gasteiger partial charge in [0.1, 0.15) is 5.75 Å². The molecule has 2 aliphatic rings. The number of ether oxygens (including phenoxy) is 3. The summed E-state index contributed by atoms with van der Waals surface area (Å²) in [6, 6.07) is 13.8. The van der Waals surface area contributed by atoms with Gasteiger partial charge in [-0.2, -0.15) is 0 Å². The molecule has 0 bridgehead atoms. The van der Waals surface area contributed by atoms with Gasteiger partial charge in [-0.3, -0.25) is 4.79 Å². The summed E-state index contributed by atoms with van der Waals surface area (Å²) in [6.45, 7) is 7.44. The second-order valence-electron chi connectivity index (χ2n) is 7.35. The summed E-state index contributed by atoms with van der Waals surface area (Å²) >= 11 is 0. The van der Waals surface area contributed by atoms with Crippen molar-refractivity contribution in [2.75, 3.05) is 18.1 Å². The highest BCUT2D eigenvalue weighted by molar-refractivity contribution is 6.06. The van der Waals surface area contributed by atoms with Gasteiger partial charge in [0.05, 0.1) is 31.5 Å². The molecule has 0 N–H and O–H groups in total. The number of fused-ring (bicyclic) bond motifs is 2. The predicted molar refractivity (Wildman–Crippen MR) is 103 cm³/mol. The van der Waals surface area contributed by atoms with Crippen LogP contribution >= 0.6 is 0 Å². The van der Waals surface area contributed by atoms with Crippen LogP contribution in [-0.2, 0) is 26.6 Å². The molecule has 0 atom stereocenters. The average Bonchev–Trinajstić information content (AvgIpc) is 2.86. The Kier molecular flexibility index (Phi) is 4.66. The van der Waals surface area contributed by atoms with Crippen LogP contribution in [0.1, 0.15) is 37.0 Å². The van der Waals surface area contributed by atoms with Crippen molar-refractivity contribution in [1.29, 1.82) is 0 Å². The third-order valence-electron chi connectivity index (χ3n) is 4.89. The molecular weight excluding hydrogens is 342 g/mol. The smallest absolute Gasteiger partial charge is 0.292 e. The number of rotatable bonds is 4. The molecule has 1 amide bonds. The molecule has 2 heterocycles. The molecule has 4 rings (SSSR count). The normalized spacial score (nSPS) is 18.2. The first kappa shape index (κ1) is 18.0. The number of carbonyl (C=O) groups excluding carboxylic acids is 1. The molecule has 2 aliphatic heterocycles. The molecule has 5 heteroatoms. The van der Waals surface area contributed by atoms with Gasteiger partial charge in [-0.1, -0.05) is 29.8 Å². The van der Waals surface area contributed by atoms with E-state index in [0.29, 0.717) is 19.8 Å². The minimum Gasteiger partial charge on any atom is -0.491 e. The van der Waals surface area contributed by atoms with Gasteiger partial charge >= 0.3 is 0 Å². The van der Waals surface area contributed by atoms with Crippen molar-refractivity contribution < 1.29 is 19.0 Å². The SMILES string of the molecule is Cc1ccc2c(c1)C1(OCCCO1)C(=O)N2Cc1ccccc1OC(C)C. The minimum atomic E-state index is -1.31. The standard InChI is InChI=1S/C22H25NO4/c1-15(2)27-20-8-5-4-7-17(20)14-23-19-10-9-16(3)13-18(19)22(21(23)24)25-11-6-12-26-22/h4-5,7-10,13,15H,6,11-12,14H2,1-3H3. The Hall–Kier alpha value is -2.37. The van der Waals surface area contributed by atoms with Crippen molar-refractivity contribution in [2.45, 2.75) is 45.6 Å². The number of anilines is 1. The van der Waals surface area contributed by atoms with Crippen LogP contribution in [0.2, 0.25) is 0 Å². The molecular formula is C22H25NO4. The second kappa shape index (κ2) is 6.98. The maximum Gasteiger partial charge on any atom is 0.292 e. The van der Waals surface area contributed by atoms with E-state index in [1.54, 1.807) is 4.90 Å². The number of benzene rings is 2. The molecule has 27 heavy (non-hydrogen) atoms. The van der Waals surface area contributed by atoms with Crippen LogP contribution in [0.3, 0.4) is 0 Å². The minimum absolute atomic E-state index is 0.0618. The van der Waals surface area contributed by atoms with Crippen molar-refractivity contribution in [3.63, 3.8) is 0 Å². The van der Waals surface area contributed by atoms with Crippen LogP contribution in [-0.4, -0.2) is 25.2 Å². The van der Waals surface area contributed by atoms with E-state index in [1.165, 1.54) is 0 Å². The molecule has 0 saturated carbocycles. The van der Waals surface area contributed by atoms with Crippen LogP contribution in [0, 0.1) is 6.92 Å². The maximum absolute atomic E-state index is 13.4. The van der Waals surface area contributed by atoms with E-state index in [0.717, 1.165) is 34.5 Å². The zero-order chi connectivity index (χ0) is 19.0. The Labute approximate surface area is 159 Å². The van der Waals surface area contributed by atoms with Crippen LogP contribution in [0.5, 0.6) is 5.75 Å². The molecule has 0 radical (unpaired) electrons. The van der Waals surface area contributed by atoms with Gasteiger partial charge in [-0.25, -0.2) is 0 Å². The van der Waals surface area contributed by atoms with Gasteiger partial charge < -0.3 is 19.1 Å². The molecule has 2 aromatic carbocycles. The van der Waals surface area contributed by atoms with E-state index in [1.807, 2.05) is 63.2 Å². The quantitative estimate of drug-likeness (QED) is 0.822. The summed E-state index contributed by atoms with van der Waals surface area (Å²) in [6.07, 6.45) is 0.855. The zero-order valence-corrected chi connectivity index (χ0v) is 16.0. The summed E-state index contributed by atoms with van der Waals surface area (Å²) in [5.41, 5.74) is 3.67. The molecule has 5 nitrogen and oxygen atoms in total. The molecule has 0 unspecified atom stereocenters. The van der Waals surface area contributed by atoms with Crippen molar-refractivity contribution in [2.24, 2.45) is 0 Å². The van der Waals surface area contributed by atoms with Crippen LogP contribution < -0.4 is 9.64 Å². The van der Waals surface area contributed by atoms with Crippen molar-refractivity contribution in [3.05, 3.63) is 59.2 Å². The number of nitrogens with zero attached hydrogens (tertiary/aromatic N) is 1. The lowest BCUT2D eigenvalue weighted by molar-refractivity contribution is -0.256. The average molecular weight is 367 g/mol. The Bertz CT molecular complexity index is 855. The largest absolute Gasteiger partial charge is 0.491 e. The summed E-state index contributed by atoms with van der Waals surface area (Å²) in [7, 11) is 0. The molecule has 1 fully saturated rings. The Morgan fingerprint density at radius 3 is 2.63 bits per heavy atom. The van der Waals surface area contributed by atoms with Crippen LogP contribution in [0.25, 0.3) is 0 Å². The molecule has 0 aliphatic carbocycles. The first-order chi connectivity index (χ1) is 13.0. The fourth-order valence-corrected chi connectivity index (χ4v) is 3.69. The van der Waals surface area contributed by atoms with Gasteiger partial charge in [0.15, 0.2) is 0 Å². The number of para-hydroxylation sites is 1. The maximum atomic E-state index is 13.4. The molecule has 142 valence electrons. The monoisotopic (exact) mass is 367 g/mol. The summed E-state index contributed by atoms with van der Waals surface area (Å²) in [5, 5.41) is 0. The summed E-state index contributed by atoms with van der Waals surface area (Å²) < 4.78 is 17.8. The molecule has 1 spiro atoms. The Balaban J connectivity index is 1.74. The first-order valence-corrected chi connectivity index (χ1v) is 9.47. The Morgan fingerprint density at radius 2 is 1.89 bits per heavy atom. The van der Waals surface area contributed by atoms with Crippen molar-refractivity contribution in [3.8, 4) is 5.75 Å². The van der Waals surface area contributed by atoms with Gasteiger partial charge in [0.25, 0.3) is 11.7 Å². The highest BCUT2D eigenvalue weighted by Gasteiger charge is 2.54. The topological polar surface area (TPSA) is 48.0 Å². The number of hydrogen-bond acceptors (Lipinski definition) is 4. The van der Waals surface area contributed by atoms with E-state index >= 15 is 0 Å². The van der Waals surface area contributed by atoms with E-state index < -0.39 is 5.79 Å². The van der Waals surface area contributed by atoms with Gasteiger partial charge in [-0.15, -0.1) is 0 Å². The zero-order valence-electron chi connectivity index (χ0n) is 16.0. The highest BCUT2D eigenvalue weighted by Crippen LogP contribution is 2.46.